The summed E-state index contributed by atoms with van der Waals surface area (Å²) in [5.41, 5.74) is 0.375. The first-order chi connectivity index (χ1) is 11.5. The van der Waals surface area contributed by atoms with Gasteiger partial charge in [-0.15, -0.1) is 0 Å². The summed E-state index contributed by atoms with van der Waals surface area (Å²) in [7, 11) is 0. The van der Waals surface area contributed by atoms with Gasteiger partial charge in [0.25, 0.3) is 5.69 Å². The summed E-state index contributed by atoms with van der Waals surface area (Å²) in [6, 6.07) is 8.77. The zero-order chi connectivity index (χ0) is 17.5. The van der Waals surface area contributed by atoms with Gasteiger partial charge in [-0.05, 0) is 19.1 Å². The van der Waals surface area contributed by atoms with Crippen LogP contribution in [0.5, 0.6) is 0 Å². The molecular formula is C16H19N3O5. The smallest absolute Gasteiger partial charge is 0.315 e. The predicted octanol–water partition coefficient (Wildman–Crippen LogP) is 2.50. The van der Waals surface area contributed by atoms with E-state index in [-0.39, 0.29) is 24.7 Å². The van der Waals surface area contributed by atoms with Crippen molar-refractivity contribution in [1.82, 2.24) is 10.6 Å². The molecule has 2 amide bonds. The Morgan fingerprint density at radius 2 is 2.08 bits per heavy atom. The van der Waals surface area contributed by atoms with Crippen molar-refractivity contribution in [3.63, 3.8) is 0 Å². The van der Waals surface area contributed by atoms with Crippen LogP contribution in [0.1, 0.15) is 30.8 Å². The lowest BCUT2D eigenvalue weighted by Crippen LogP contribution is -2.41. The lowest BCUT2D eigenvalue weighted by molar-refractivity contribution is -0.385. The molecule has 1 aromatic heterocycles. The van der Waals surface area contributed by atoms with Crippen molar-refractivity contribution >= 4 is 11.7 Å². The fraction of sp³-hybridized carbons (Fsp3) is 0.312. The van der Waals surface area contributed by atoms with E-state index < -0.39 is 17.1 Å². The first kappa shape index (κ1) is 17.5. The number of carbonyl (C=O) groups excluding carboxylic acids is 1. The molecule has 8 nitrogen and oxygen atoms in total. The first-order valence-electron chi connectivity index (χ1n) is 7.45. The van der Waals surface area contributed by atoms with Gasteiger partial charge in [-0.3, -0.25) is 10.1 Å². The minimum Gasteiger partial charge on any atom is -0.467 e. The number of nitrogens with zero attached hydrogens (tertiary/aromatic N) is 1. The molecular weight excluding hydrogens is 314 g/mol. The molecule has 1 aromatic carbocycles. The second-order valence-electron chi connectivity index (χ2n) is 5.38. The molecule has 0 saturated heterocycles. The third-order valence-corrected chi connectivity index (χ3v) is 3.45. The van der Waals surface area contributed by atoms with Crippen molar-refractivity contribution in [3.05, 3.63) is 64.1 Å². The second kappa shape index (κ2) is 8.11. The van der Waals surface area contributed by atoms with E-state index in [0.29, 0.717) is 11.3 Å². The van der Waals surface area contributed by atoms with Crippen LogP contribution in [0.4, 0.5) is 10.5 Å². The van der Waals surface area contributed by atoms with Gasteiger partial charge in [-0.2, -0.15) is 0 Å². The van der Waals surface area contributed by atoms with Gasteiger partial charge in [0.1, 0.15) is 11.9 Å². The highest BCUT2D eigenvalue weighted by Crippen LogP contribution is 2.19. The number of hydrogen-bond acceptors (Lipinski definition) is 5. The Balaban J connectivity index is 1.82. The van der Waals surface area contributed by atoms with Crippen LogP contribution in [-0.2, 0) is 6.54 Å². The Kier molecular flexibility index (Phi) is 5.91. The molecule has 0 saturated carbocycles. The highest BCUT2D eigenvalue weighted by molar-refractivity contribution is 5.74. The van der Waals surface area contributed by atoms with Gasteiger partial charge in [0, 0.05) is 24.1 Å². The highest BCUT2D eigenvalue weighted by Gasteiger charge is 2.17. The molecule has 0 radical (unpaired) electrons. The summed E-state index contributed by atoms with van der Waals surface area (Å²) in [4.78, 5) is 22.3. The van der Waals surface area contributed by atoms with Crippen LogP contribution in [0.3, 0.4) is 0 Å². The molecule has 3 N–H and O–H groups in total. The number of rotatable bonds is 7. The Labute approximate surface area is 138 Å². The van der Waals surface area contributed by atoms with Crippen LogP contribution in [0.15, 0.2) is 47.1 Å². The number of hydrogen-bond donors (Lipinski definition) is 3. The van der Waals surface area contributed by atoms with E-state index in [0.717, 1.165) is 0 Å². The van der Waals surface area contributed by atoms with Crippen LogP contribution in [0.25, 0.3) is 0 Å². The second-order valence-corrected chi connectivity index (χ2v) is 5.38. The van der Waals surface area contributed by atoms with Crippen molar-refractivity contribution in [2.45, 2.75) is 32.0 Å². The van der Waals surface area contributed by atoms with Crippen molar-refractivity contribution < 1.29 is 19.2 Å². The van der Waals surface area contributed by atoms with Gasteiger partial charge in [0.2, 0.25) is 0 Å². The average Bonchev–Trinajstić information content (AvgIpc) is 3.07. The lowest BCUT2D eigenvalue weighted by Gasteiger charge is -2.17. The quantitative estimate of drug-likeness (QED) is 0.531. The van der Waals surface area contributed by atoms with E-state index in [1.165, 1.54) is 12.3 Å². The van der Waals surface area contributed by atoms with E-state index in [1.54, 1.807) is 37.3 Å². The molecule has 24 heavy (non-hydrogen) atoms. The number of amides is 2. The summed E-state index contributed by atoms with van der Waals surface area (Å²) < 4.78 is 5.10. The van der Waals surface area contributed by atoms with E-state index >= 15 is 0 Å². The third-order valence-electron chi connectivity index (χ3n) is 3.45. The number of furan rings is 1. The van der Waals surface area contributed by atoms with Gasteiger partial charge >= 0.3 is 6.03 Å². The van der Waals surface area contributed by atoms with Crippen LogP contribution >= 0.6 is 0 Å². The van der Waals surface area contributed by atoms with E-state index in [2.05, 4.69) is 10.6 Å². The standard InChI is InChI=1S/C16H19N3O5/c1-11(9-14(20)15-7-4-8-24-15)18-16(21)17-10-12-5-2-3-6-13(12)19(22)23/h2-8,11,14,20H,9-10H2,1H3,(H2,17,18,21). The van der Waals surface area contributed by atoms with Gasteiger partial charge in [-0.25, -0.2) is 4.79 Å². The molecule has 2 unspecified atom stereocenters. The van der Waals surface area contributed by atoms with E-state index in [1.807, 2.05) is 0 Å². The minimum atomic E-state index is -0.814. The summed E-state index contributed by atoms with van der Waals surface area (Å²) in [5, 5.41) is 26.1. The fourth-order valence-corrected chi connectivity index (χ4v) is 2.28. The summed E-state index contributed by atoms with van der Waals surface area (Å²) in [5.74, 6) is 0.434. The van der Waals surface area contributed by atoms with Crippen molar-refractivity contribution in [3.8, 4) is 0 Å². The number of nitrogens with one attached hydrogen (secondary N) is 2. The Bertz CT molecular complexity index is 687. The lowest BCUT2D eigenvalue weighted by atomic mass is 10.1. The zero-order valence-electron chi connectivity index (χ0n) is 13.1. The predicted molar refractivity (Wildman–Crippen MR) is 86.2 cm³/mol. The van der Waals surface area contributed by atoms with Gasteiger partial charge in [-0.1, -0.05) is 18.2 Å². The minimum absolute atomic E-state index is 0.0381. The molecule has 2 rings (SSSR count). The number of nitro groups is 1. The molecule has 2 aromatic rings. The van der Waals surface area contributed by atoms with E-state index in [4.69, 9.17) is 4.42 Å². The maximum absolute atomic E-state index is 11.9. The van der Waals surface area contributed by atoms with Crippen molar-refractivity contribution in [2.75, 3.05) is 0 Å². The SMILES string of the molecule is CC(CC(O)c1ccco1)NC(=O)NCc1ccccc1[N+](=O)[O-]. The first-order valence-corrected chi connectivity index (χ1v) is 7.45. The number of nitro benzene ring substituents is 1. The number of aliphatic hydroxyl groups is 1. The number of urea groups is 1. The molecule has 1 heterocycles. The van der Waals surface area contributed by atoms with Gasteiger partial charge in [0.05, 0.1) is 17.7 Å². The maximum Gasteiger partial charge on any atom is 0.315 e. The molecule has 8 heteroatoms. The monoisotopic (exact) mass is 333 g/mol. The topological polar surface area (TPSA) is 118 Å². The molecule has 0 spiro atoms. The molecule has 128 valence electrons. The maximum atomic E-state index is 11.9. The molecule has 0 bridgehead atoms. The summed E-state index contributed by atoms with van der Waals surface area (Å²) in [6.45, 7) is 1.78. The van der Waals surface area contributed by atoms with Crippen LogP contribution < -0.4 is 10.6 Å². The Hall–Kier alpha value is -2.87. The normalized spacial score (nSPS) is 13.1. The number of benzene rings is 1. The van der Waals surface area contributed by atoms with Crippen molar-refractivity contribution in [2.24, 2.45) is 0 Å². The number of para-hydroxylation sites is 1. The number of carbonyl (C=O) groups is 1. The third kappa shape index (κ3) is 4.82. The van der Waals surface area contributed by atoms with Crippen LogP contribution in [-0.4, -0.2) is 22.1 Å². The molecule has 0 fully saturated rings. The molecule has 0 aliphatic carbocycles. The van der Waals surface area contributed by atoms with Crippen LogP contribution in [0.2, 0.25) is 0 Å². The molecule has 2 atom stereocenters. The summed E-state index contributed by atoms with van der Waals surface area (Å²) in [6.07, 6.45) is 0.938. The zero-order valence-corrected chi connectivity index (χ0v) is 13.1. The van der Waals surface area contributed by atoms with Crippen LogP contribution in [0, 0.1) is 10.1 Å². The Morgan fingerprint density at radius 1 is 1.33 bits per heavy atom. The number of aliphatic hydroxyl groups excluding tert-OH is 1. The Morgan fingerprint density at radius 3 is 2.75 bits per heavy atom. The highest BCUT2D eigenvalue weighted by atomic mass is 16.6. The molecule has 0 aliphatic heterocycles. The fourth-order valence-electron chi connectivity index (χ4n) is 2.28. The van der Waals surface area contributed by atoms with E-state index in [9.17, 15) is 20.0 Å². The van der Waals surface area contributed by atoms with Crippen molar-refractivity contribution in [1.29, 1.82) is 0 Å². The van der Waals surface area contributed by atoms with Gasteiger partial charge in [0.15, 0.2) is 0 Å². The molecule has 0 aliphatic rings. The van der Waals surface area contributed by atoms with Gasteiger partial charge < -0.3 is 20.2 Å². The summed E-state index contributed by atoms with van der Waals surface area (Å²) >= 11 is 0. The average molecular weight is 333 g/mol. The largest absolute Gasteiger partial charge is 0.467 e.